The molecule has 0 aliphatic heterocycles. The van der Waals surface area contributed by atoms with Crippen molar-refractivity contribution in [3.8, 4) is 11.3 Å². The second kappa shape index (κ2) is 9.05. The molecule has 6 heteroatoms. The Balaban J connectivity index is 1.40. The van der Waals surface area contributed by atoms with Gasteiger partial charge in [0.05, 0.1) is 5.69 Å². The maximum Gasteiger partial charge on any atom is 0.266 e. The molecule has 1 N–H and O–H groups in total. The van der Waals surface area contributed by atoms with E-state index in [2.05, 4.69) is 26.3 Å². The van der Waals surface area contributed by atoms with Crippen LogP contribution in [0.2, 0.25) is 0 Å². The summed E-state index contributed by atoms with van der Waals surface area (Å²) in [5.41, 5.74) is 2.28. The zero-order valence-corrected chi connectivity index (χ0v) is 17.8. The standard InChI is InChI=1S/C24H20BrN3O2/c25-19-12-10-18(11-13-19)21-14-15-24(30)28(27-21)16-4-9-23(29)26-22-8-3-6-17-5-1-2-7-20(17)22/h1-3,5-8,10-15H,4,9,16H2,(H,26,29). The Hall–Kier alpha value is -3.25. The first-order valence-corrected chi connectivity index (χ1v) is 10.5. The van der Waals surface area contributed by atoms with E-state index >= 15 is 0 Å². The lowest BCUT2D eigenvalue weighted by molar-refractivity contribution is -0.116. The number of hydrogen-bond donors (Lipinski definition) is 1. The zero-order chi connectivity index (χ0) is 20.9. The second-order valence-electron chi connectivity index (χ2n) is 6.97. The highest BCUT2D eigenvalue weighted by Crippen LogP contribution is 2.23. The number of anilines is 1. The minimum atomic E-state index is -0.176. The molecule has 0 saturated carbocycles. The number of carbonyl (C=O) groups excluding carboxylic acids is 1. The van der Waals surface area contributed by atoms with Gasteiger partial charge in [0.15, 0.2) is 0 Å². The lowest BCUT2D eigenvalue weighted by atomic mass is 10.1. The van der Waals surface area contributed by atoms with E-state index in [0.29, 0.717) is 19.4 Å². The van der Waals surface area contributed by atoms with E-state index in [0.717, 1.165) is 32.2 Å². The fourth-order valence-corrected chi connectivity index (χ4v) is 3.58. The maximum atomic E-state index is 12.4. The molecule has 4 aromatic rings. The van der Waals surface area contributed by atoms with Crippen molar-refractivity contribution in [1.29, 1.82) is 0 Å². The minimum absolute atomic E-state index is 0.0801. The number of nitrogens with zero attached hydrogens (tertiary/aromatic N) is 2. The molecular formula is C24H20BrN3O2. The van der Waals surface area contributed by atoms with Crippen LogP contribution in [-0.4, -0.2) is 15.7 Å². The first-order valence-electron chi connectivity index (χ1n) is 9.72. The van der Waals surface area contributed by atoms with E-state index in [1.54, 1.807) is 6.07 Å². The Morgan fingerprint density at radius 3 is 2.53 bits per heavy atom. The Morgan fingerprint density at radius 2 is 1.70 bits per heavy atom. The van der Waals surface area contributed by atoms with Crippen LogP contribution in [0.5, 0.6) is 0 Å². The molecule has 1 amide bonds. The fraction of sp³-hybridized carbons (Fsp3) is 0.125. The van der Waals surface area contributed by atoms with Gasteiger partial charge in [0, 0.05) is 40.1 Å². The molecule has 150 valence electrons. The van der Waals surface area contributed by atoms with Crippen molar-refractivity contribution >= 4 is 38.3 Å². The lowest BCUT2D eigenvalue weighted by Gasteiger charge is -2.10. The molecule has 0 spiro atoms. The Bertz CT molecular complexity index is 1240. The quantitative estimate of drug-likeness (QED) is 0.426. The summed E-state index contributed by atoms with van der Waals surface area (Å²) in [6.07, 6.45) is 0.827. The summed E-state index contributed by atoms with van der Waals surface area (Å²) < 4.78 is 2.40. The number of nitrogens with one attached hydrogen (secondary N) is 1. The monoisotopic (exact) mass is 461 g/mol. The third-order valence-corrected chi connectivity index (χ3v) is 5.37. The number of carbonyl (C=O) groups is 1. The van der Waals surface area contributed by atoms with Gasteiger partial charge in [-0.05, 0) is 36.1 Å². The average molecular weight is 462 g/mol. The third kappa shape index (κ3) is 4.66. The zero-order valence-electron chi connectivity index (χ0n) is 16.2. The van der Waals surface area contributed by atoms with Gasteiger partial charge in [-0.2, -0.15) is 5.10 Å². The molecule has 5 nitrogen and oxygen atoms in total. The van der Waals surface area contributed by atoms with Crippen molar-refractivity contribution in [2.45, 2.75) is 19.4 Å². The van der Waals surface area contributed by atoms with Crippen LogP contribution in [-0.2, 0) is 11.3 Å². The van der Waals surface area contributed by atoms with Gasteiger partial charge in [-0.15, -0.1) is 0 Å². The summed E-state index contributed by atoms with van der Waals surface area (Å²) in [6, 6.07) is 24.8. The normalized spacial score (nSPS) is 10.8. The second-order valence-corrected chi connectivity index (χ2v) is 7.88. The van der Waals surface area contributed by atoms with Crippen LogP contribution in [0.4, 0.5) is 5.69 Å². The number of aryl methyl sites for hydroxylation is 1. The summed E-state index contributed by atoms with van der Waals surface area (Å²) >= 11 is 3.42. The van der Waals surface area contributed by atoms with Crippen molar-refractivity contribution in [3.05, 3.63) is 93.7 Å². The topological polar surface area (TPSA) is 64.0 Å². The Morgan fingerprint density at radius 1 is 0.933 bits per heavy atom. The SMILES string of the molecule is O=C(CCCn1nc(-c2ccc(Br)cc2)ccc1=O)Nc1cccc2ccccc12. The minimum Gasteiger partial charge on any atom is -0.326 e. The maximum absolute atomic E-state index is 12.4. The molecule has 0 aliphatic carbocycles. The van der Waals surface area contributed by atoms with Crippen molar-refractivity contribution in [3.63, 3.8) is 0 Å². The van der Waals surface area contributed by atoms with E-state index in [1.165, 1.54) is 10.7 Å². The van der Waals surface area contributed by atoms with Crippen LogP contribution in [0.15, 0.2) is 88.1 Å². The van der Waals surface area contributed by atoms with Crippen molar-refractivity contribution < 1.29 is 4.79 Å². The first kappa shape index (κ1) is 20.0. The highest BCUT2D eigenvalue weighted by Gasteiger charge is 2.08. The molecule has 0 atom stereocenters. The number of fused-ring (bicyclic) bond motifs is 1. The van der Waals surface area contributed by atoms with Gasteiger partial charge in [-0.25, -0.2) is 4.68 Å². The smallest absolute Gasteiger partial charge is 0.266 e. The molecule has 1 heterocycles. The number of benzene rings is 3. The summed E-state index contributed by atoms with van der Waals surface area (Å²) in [6.45, 7) is 0.381. The van der Waals surface area contributed by atoms with Crippen molar-refractivity contribution in [2.75, 3.05) is 5.32 Å². The van der Waals surface area contributed by atoms with Gasteiger partial charge in [0.1, 0.15) is 0 Å². The molecule has 0 radical (unpaired) electrons. The van der Waals surface area contributed by atoms with Crippen LogP contribution in [0.1, 0.15) is 12.8 Å². The molecule has 0 bridgehead atoms. The van der Waals surface area contributed by atoms with Gasteiger partial charge in [-0.1, -0.05) is 64.5 Å². The summed E-state index contributed by atoms with van der Waals surface area (Å²) in [5, 5.41) is 9.52. The molecule has 3 aromatic carbocycles. The lowest BCUT2D eigenvalue weighted by Crippen LogP contribution is -2.23. The predicted molar refractivity (Wildman–Crippen MR) is 123 cm³/mol. The number of halogens is 1. The highest BCUT2D eigenvalue weighted by atomic mass is 79.9. The predicted octanol–water partition coefficient (Wildman–Crippen LogP) is 5.24. The number of hydrogen-bond acceptors (Lipinski definition) is 3. The Kier molecular flexibility index (Phi) is 6.05. The summed E-state index contributed by atoms with van der Waals surface area (Å²) in [7, 11) is 0. The van der Waals surface area contributed by atoms with Gasteiger partial charge in [0.25, 0.3) is 5.56 Å². The molecule has 0 fully saturated rings. The van der Waals surface area contributed by atoms with E-state index in [-0.39, 0.29) is 11.5 Å². The van der Waals surface area contributed by atoms with Crippen LogP contribution in [0.25, 0.3) is 22.0 Å². The van der Waals surface area contributed by atoms with Crippen LogP contribution >= 0.6 is 15.9 Å². The summed E-state index contributed by atoms with van der Waals surface area (Å²) in [4.78, 5) is 24.6. The van der Waals surface area contributed by atoms with Crippen molar-refractivity contribution in [2.24, 2.45) is 0 Å². The number of aromatic nitrogens is 2. The highest BCUT2D eigenvalue weighted by molar-refractivity contribution is 9.10. The van der Waals surface area contributed by atoms with E-state index in [1.807, 2.05) is 66.7 Å². The summed E-state index contributed by atoms with van der Waals surface area (Å²) in [5.74, 6) is -0.0801. The van der Waals surface area contributed by atoms with E-state index in [4.69, 9.17) is 0 Å². The molecule has 30 heavy (non-hydrogen) atoms. The largest absolute Gasteiger partial charge is 0.326 e. The molecule has 4 rings (SSSR count). The van der Waals surface area contributed by atoms with Crippen LogP contribution in [0, 0.1) is 0 Å². The molecule has 0 aliphatic rings. The van der Waals surface area contributed by atoms with Gasteiger partial charge in [0.2, 0.25) is 5.91 Å². The molecular weight excluding hydrogens is 442 g/mol. The van der Waals surface area contributed by atoms with Gasteiger partial charge < -0.3 is 5.32 Å². The van der Waals surface area contributed by atoms with Gasteiger partial charge in [-0.3, -0.25) is 9.59 Å². The number of amides is 1. The van der Waals surface area contributed by atoms with E-state index < -0.39 is 0 Å². The van der Waals surface area contributed by atoms with Gasteiger partial charge >= 0.3 is 0 Å². The molecule has 1 aromatic heterocycles. The fourth-order valence-electron chi connectivity index (χ4n) is 3.32. The average Bonchev–Trinajstić information content (AvgIpc) is 2.76. The number of rotatable bonds is 6. The van der Waals surface area contributed by atoms with E-state index in [9.17, 15) is 9.59 Å². The molecule has 0 saturated heterocycles. The Labute approximate surface area is 182 Å². The third-order valence-electron chi connectivity index (χ3n) is 4.84. The van der Waals surface area contributed by atoms with Crippen LogP contribution in [0.3, 0.4) is 0 Å². The van der Waals surface area contributed by atoms with Crippen LogP contribution < -0.4 is 10.9 Å². The van der Waals surface area contributed by atoms with Crippen molar-refractivity contribution in [1.82, 2.24) is 9.78 Å². The first-order chi connectivity index (χ1) is 14.6. The molecule has 0 unspecified atom stereocenters.